The lowest BCUT2D eigenvalue weighted by molar-refractivity contribution is -0.119. The summed E-state index contributed by atoms with van der Waals surface area (Å²) in [6.07, 6.45) is 0. The summed E-state index contributed by atoms with van der Waals surface area (Å²) in [5, 5.41) is 9.73. The first-order chi connectivity index (χ1) is 14.2. The molecule has 0 amide bonds. The van der Waals surface area contributed by atoms with Crippen molar-refractivity contribution in [2.75, 3.05) is 14.2 Å². The summed E-state index contributed by atoms with van der Waals surface area (Å²) >= 11 is 0. The van der Waals surface area contributed by atoms with Crippen LogP contribution in [-0.2, 0) is 10.2 Å². The number of carboxylic acid groups (broad SMARTS) is 1. The third-order valence-electron chi connectivity index (χ3n) is 6.23. The van der Waals surface area contributed by atoms with Crippen LogP contribution in [-0.4, -0.2) is 31.1 Å². The van der Waals surface area contributed by atoms with Crippen LogP contribution in [0.3, 0.4) is 0 Å². The van der Waals surface area contributed by atoms with Crippen molar-refractivity contribution >= 4 is 17.3 Å². The number of rotatable bonds is 5. The molecule has 0 aromatic heterocycles. The van der Waals surface area contributed by atoms with Gasteiger partial charge in [0, 0.05) is 11.6 Å². The first-order valence-electron chi connectivity index (χ1n) is 9.67. The van der Waals surface area contributed by atoms with E-state index in [9.17, 15) is 14.7 Å². The maximum atomic E-state index is 13.6. The summed E-state index contributed by atoms with van der Waals surface area (Å²) in [7, 11) is 3.13. The second-order valence-corrected chi connectivity index (χ2v) is 7.62. The predicted octanol–water partition coefficient (Wildman–Crippen LogP) is 5.05. The van der Waals surface area contributed by atoms with Crippen LogP contribution in [0, 0.1) is 0 Å². The fraction of sp³-hybridized carbons (Fsp3) is 0.280. The van der Waals surface area contributed by atoms with E-state index in [4.69, 9.17) is 9.47 Å². The molecular formula is C25H26O5. The molecule has 0 bridgehead atoms. The lowest BCUT2D eigenvalue weighted by atomic mass is 9.64. The highest BCUT2D eigenvalue weighted by molar-refractivity contribution is 6.14. The van der Waals surface area contributed by atoms with Gasteiger partial charge < -0.3 is 14.6 Å². The van der Waals surface area contributed by atoms with Crippen molar-refractivity contribution < 1.29 is 24.2 Å². The van der Waals surface area contributed by atoms with Gasteiger partial charge in [-0.25, -0.2) is 4.79 Å². The molecule has 5 nitrogen and oxygen atoms in total. The zero-order valence-corrected chi connectivity index (χ0v) is 18.1. The van der Waals surface area contributed by atoms with E-state index in [-0.39, 0.29) is 11.3 Å². The van der Waals surface area contributed by atoms with Crippen molar-refractivity contribution in [1.82, 2.24) is 0 Å². The fourth-order valence-electron chi connectivity index (χ4n) is 4.26. The average molecular weight is 406 g/mol. The molecule has 0 heterocycles. The number of methoxy groups -OCH3 is 2. The van der Waals surface area contributed by atoms with Gasteiger partial charge in [0.05, 0.1) is 25.2 Å². The van der Waals surface area contributed by atoms with Gasteiger partial charge in [-0.3, -0.25) is 4.79 Å². The van der Waals surface area contributed by atoms with E-state index >= 15 is 0 Å². The molecule has 0 fully saturated rings. The Labute approximate surface area is 176 Å². The molecule has 30 heavy (non-hydrogen) atoms. The Morgan fingerprint density at radius 3 is 2.23 bits per heavy atom. The Hall–Kier alpha value is -3.34. The maximum Gasteiger partial charge on any atom is 0.336 e. The molecule has 0 saturated heterocycles. The Kier molecular flexibility index (Phi) is 5.57. The van der Waals surface area contributed by atoms with Gasteiger partial charge in [-0.15, -0.1) is 0 Å². The van der Waals surface area contributed by atoms with E-state index < -0.39 is 11.4 Å². The number of ketones is 1. The number of carbonyl (C=O) groups excluding carboxylic acids is 1. The van der Waals surface area contributed by atoms with Gasteiger partial charge in [0.15, 0.2) is 5.78 Å². The molecule has 2 aromatic carbocycles. The van der Waals surface area contributed by atoms with E-state index in [0.29, 0.717) is 28.2 Å². The smallest absolute Gasteiger partial charge is 0.336 e. The van der Waals surface area contributed by atoms with E-state index in [1.807, 2.05) is 32.9 Å². The number of carbonyl (C=O) groups is 2. The largest absolute Gasteiger partial charge is 0.497 e. The molecule has 1 N–H and O–H groups in total. The van der Waals surface area contributed by atoms with Crippen molar-refractivity contribution in [3.63, 3.8) is 0 Å². The molecule has 5 heteroatoms. The van der Waals surface area contributed by atoms with Crippen LogP contribution in [0.25, 0.3) is 5.57 Å². The third kappa shape index (κ3) is 3.11. The van der Waals surface area contributed by atoms with Gasteiger partial charge in [-0.2, -0.15) is 0 Å². The highest BCUT2D eigenvalue weighted by atomic mass is 16.5. The van der Waals surface area contributed by atoms with Gasteiger partial charge in [0.2, 0.25) is 0 Å². The number of ether oxygens (including phenoxy) is 2. The molecule has 0 radical (unpaired) electrons. The van der Waals surface area contributed by atoms with Crippen LogP contribution in [0.1, 0.15) is 49.2 Å². The molecule has 1 atom stereocenters. The quantitative estimate of drug-likeness (QED) is 0.752. The molecule has 3 rings (SSSR count). The van der Waals surface area contributed by atoms with E-state index in [0.717, 1.165) is 16.7 Å². The molecule has 0 saturated carbocycles. The number of allylic oxidation sites excluding steroid dienone is 4. The summed E-state index contributed by atoms with van der Waals surface area (Å²) in [4.78, 5) is 25.5. The number of carboxylic acids is 1. The van der Waals surface area contributed by atoms with Gasteiger partial charge in [-0.1, -0.05) is 24.3 Å². The van der Waals surface area contributed by atoms with E-state index in [1.54, 1.807) is 51.5 Å². The number of aromatic carboxylic acids is 1. The van der Waals surface area contributed by atoms with Crippen LogP contribution in [0.15, 0.2) is 59.2 Å². The lowest BCUT2D eigenvalue weighted by Gasteiger charge is -2.38. The predicted molar refractivity (Wildman–Crippen MR) is 116 cm³/mol. The highest BCUT2D eigenvalue weighted by Gasteiger charge is 2.45. The van der Waals surface area contributed by atoms with Gasteiger partial charge in [-0.05, 0) is 67.7 Å². The Morgan fingerprint density at radius 2 is 1.63 bits per heavy atom. The van der Waals surface area contributed by atoms with Crippen LogP contribution >= 0.6 is 0 Å². The van der Waals surface area contributed by atoms with Crippen LogP contribution in [0.4, 0.5) is 0 Å². The molecule has 1 aliphatic rings. The molecule has 1 aliphatic carbocycles. The summed E-state index contributed by atoms with van der Waals surface area (Å²) in [6, 6.07) is 12.3. The molecule has 2 aromatic rings. The van der Waals surface area contributed by atoms with Crippen LogP contribution in [0.5, 0.6) is 11.5 Å². The number of Topliss-reactive ketones (excluding diaryl/α,β-unsaturated/α-hetero) is 1. The second-order valence-electron chi connectivity index (χ2n) is 7.62. The van der Waals surface area contributed by atoms with E-state index in [1.165, 1.54) is 0 Å². The summed E-state index contributed by atoms with van der Waals surface area (Å²) in [5.41, 5.74) is 3.47. The maximum absolute atomic E-state index is 13.6. The zero-order valence-electron chi connectivity index (χ0n) is 18.1. The molecule has 0 aliphatic heterocycles. The Balaban J connectivity index is 2.38. The minimum absolute atomic E-state index is 0.0301. The van der Waals surface area contributed by atoms with Crippen LogP contribution < -0.4 is 9.47 Å². The topological polar surface area (TPSA) is 72.8 Å². The Bertz CT molecular complexity index is 1110. The second kappa shape index (κ2) is 7.82. The van der Waals surface area contributed by atoms with Crippen molar-refractivity contribution in [3.05, 3.63) is 75.9 Å². The summed E-state index contributed by atoms with van der Waals surface area (Å²) in [6.45, 7) is 7.43. The first kappa shape index (κ1) is 21.4. The van der Waals surface area contributed by atoms with Gasteiger partial charge >= 0.3 is 5.97 Å². The SMILES string of the molecule is COc1ccc(C2(C)C(=O)C(C)=C(C)C(c3ccccc3C(=O)O)=C2C)c(OC)c1. The normalized spacial score (nSPS) is 19.2. The van der Waals surface area contributed by atoms with Gasteiger partial charge in [0.1, 0.15) is 11.5 Å². The van der Waals surface area contributed by atoms with Crippen LogP contribution in [0.2, 0.25) is 0 Å². The van der Waals surface area contributed by atoms with Crippen molar-refractivity contribution in [2.24, 2.45) is 0 Å². The monoisotopic (exact) mass is 406 g/mol. The average Bonchev–Trinajstić information content (AvgIpc) is 2.76. The Morgan fingerprint density at radius 1 is 0.967 bits per heavy atom. The molecule has 156 valence electrons. The zero-order chi connectivity index (χ0) is 22.2. The fourth-order valence-corrected chi connectivity index (χ4v) is 4.26. The summed E-state index contributed by atoms with van der Waals surface area (Å²) < 4.78 is 10.9. The first-order valence-corrected chi connectivity index (χ1v) is 9.67. The van der Waals surface area contributed by atoms with Gasteiger partial charge in [0.25, 0.3) is 0 Å². The minimum atomic E-state index is -1.01. The number of hydrogen-bond acceptors (Lipinski definition) is 4. The standard InChI is InChI=1S/C25H26O5/c1-14-15(2)23(26)25(4,20-12-11-17(29-5)13-21(20)30-6)16(3)22(14)18-9-7-8-10-19(18)24(27)28/h7-13H,1-6H3,(H,27,28). The molecular weight excluding hydrogens is 380 g/mol. The molecule has 0 spiro atoms. The lowest BCUT2D eigenvalue weighted by Crippen LogP contribution is -2.38. The third-order valence-corrected chi connectivity index (χ3v) is 6.23. The highest BCUT2D eigenvalue weighted by Crippen LogP contribution is 2.49. The van der Waals surface area contributed by atoms with Crippen molar-refractivity contribution in [3.8, 4) is 11.5 Å². The van der Waals surface area contributed by atoms with Crippen molar-refractivity contribution in [2.45, 2.75) is 33.1 Å². The number of hydrogen-bond donors (Lipinski definition) is 1. The minimum Gasteiger partial charge on any atom is -0.497 e. The van der Waals surface area contributed by atoms with E-state index in [2.05, 4.69) is 0 Å². The van der Waals surface area contributed by atoms with Crippen molar-refractivity contribution in [1.29, 1.82) is 0 Å². The molecule has 1 unspecified atom stereocenters. The summed E-state index contributed by atoms with van der Waals surface area (Å²) in [5.74, 6) is 0.140. The number of benzene rings is 2.